The Hall–Kier alpha value is -1.30. The van der Waals surface area contributed by atoms with Crippen LogP contribution < -0.4 is 0 Å². The molecule has 2 aromatic carbocycles. The van der Waals surface area contributed by atoms with Gasteiger partial charge in [-0.05, 0) is 84.7 Å². The number of phenolic OH excluding ortho intramolecular Hbond substituents is 2. The van der Waals surface area contributed by atoms with Crippen LogP contribution in [0.4, 0.5) is 0 Å². The summed E-state index contributed by atoms with van der Waals surface area (Å²) in [5.41, 5.74) is 7.13. The molecule has 0 aliphatic carbocycles. The van der Waals surface area contributed by atoms with E-state index in [1.165, 1.54) is 22.3 Å². The highest BCUT2D eigenvalue weighted by Gasteiger charge is 2.23. The van der Waals surface area contributed by atoms with E-state index in [4.69, 9.17) is 19.6 Å². The maximum Gasteiger partial charge on any atom is 0.334 e. The average Bonchev–Trinajstić information content (AvgIpc) is 2.65. The van der Waals surface area contributed by atoms with E-state index in [2.05, 4.69) is 71.8 Å². The van der Waals surface area contributed by atoms with Crippen molar-refractivity contribution >= 4 is 17.2 Å². The summed E-state index contributed by atoms with van der Waals surface area (Å²) < 4.78 is 3.60. The highest BCUT2D eigenvalue weighted by atomic mass is 31.2. The fraction of sp³-hybridized carbons (Fsp3) is 0.538. The molecule has 0 saturated heterocycles. The lowest BCUT2D eigenvalue weighted by Crippen LogP contribution is -2.15. The number of phenols is 2. The van der Waals surface area contributed by atoms with Crippen molar-refractivity contribution in [3.8, 4) is 11.5 Å². The fourth-order valence-corrected chi connectivity index (χ4v) is 5.13. The number of unbranched alkanes of at least 4 members (excludes halogenated alkanes) is 1. The summed E-state index contributed by atoms with van der Waals surface area (Å²) >= 11 is 0. The van der Waals surface area contributed by atoms with Crippen LogP contribution in [0.5, 0.6) is 11.5 Å². The highest BCUT2D eigenvalue weighted by molar-refractivity contribution is 7.53. The Morgan fingerprint density at radius 1 is 0.629 bits per heavy atom. The minimum absolute atomic E-state index is 0.0588. The summed E-state index contributed by atoms with van der Waals surface area (Å²) in [6.07, 6.45) is 4.28. The second kappa shape index (κ2) is 13.3. The molecule has 0 amide bonds. The van der Waals surface area contributed by atoms with Crippen molar-refractivity contribution in [2.75, 3.05) is 0 Å². The number of rotatable bonds is 7. The third-order valence-electron chi connectivity index (χ3n) is 5.90. The van der Waals surface area contributed by atoms with Gasteiger partial charge < -0.3 is 29.8 Å². The molecular weight excluding hydrogens is 486 g/mol. The van der Waals surface area contributed by atoms with Crippen LogP contribution in [0.15, 0.2) is 24.3 Å². The van der Waals surface area contributed by atoms with Crippen molar-refractivity contribution in [3.63, 3.8) is 0 Å². The summed E-state index contributed by atoms with van der Waals surface area (Å²) in [4.78, 5) is 31.3. The van der Waals surface area contributed by atoms with Crippen LogP contribution in [-0.2, 0) is 28.0 Å². The molecule has 0 atom stereocenters. The number of hydrogen-bond acceptors (Lipinski definition) is 7. The first-order chi connectivity index (χ1) is 16.0. The number of benzene rings is 2. The van der Waals surface area contributed by atoms with E-state index in [0.717, 1.165) is 36.8 Å². The molecule has 0 bridgehead atoms. The van der Waals surface area contributed by atoms with E-state index in [1.807, 2.05) is 12.1 Å². The Kier molecular flexibility index (Phi) is 12.1. The molecule has 6 N–H and O–H groups in total. The zero-order valence-corrected chi connectivity index (χ0v) is 23.9. The molecule has 0 fully saturated rings. The molecule has 0 saturated carbocycles. The SMILES string of the molecule is Cc1c(CCCCc2ccc(O)c(C(C)(C)C)c2C)ccc(O)c1C(C)(C)C.OP(O)OP(O)O. The summed E-state index contributed by atoms with van der Waals surface area (Å²) in [6, 6.07) is 7.85. The molecule has 0 heterocycles. The van der Waals surface area contributed by atoms with Gasteiger partial charge in [-0.25, -0.2) is 4.31 Å². The second-order valence-corrected chi connectivity index (χ2v) is 12.4. The topological polar surface area (TPSA) is 131 Å². The lowest BCUT2D eigenvalue weighted by molar-refractivity contribution is 0.324. The van der Waals surface area contributed by atoms with Crippen molar-refractivity contribution < 1.29 is 34.1 Å². The van der Waals surface area contributed by atoms with Gasteiger partial charge in [-0.1, -0.05) is 53.7 Å². The van der Waals surface area contributed by atoms with Crippen LogP contribution in [-0.4, -0.2) is 29.8 Å². The summed E-state index contributed by atoms with van der Waals surface area (Å²) in [5, 5.41) is 20.6. The summed E-state index contributed by atoms with van der Waals surface area (Å²) in [7, 11) is -5.22. The summed E-state index contributed by atoms with van der Waals surface area (Å²) in [6.45, 7) is 17.2. The largest absolute Gasteiger partial charge is 0.508 e. The summed E-state index contributed by atoms with van der Waals surface area (Å²) in [5.74, 6) is 0.811. The van der Waals surface area contributed by atoms with Gasteiger partial charge >= 0.3 is 17.2 Å². The maximum atomic E-state index is 10.3. The van der Waals surface area contributed by atoms with Crippen LogP contribution in [0.25, 0.3) is 0 Å². The second-order valence-electron chi connectivity index (χ2n) is 10.8. The van der Waals surface area contributed by atoms with Crippen LogP contribution in [0.1, 0.15) is 87.8 Å². The standard InChI is InChI=1S/C26H38O2.H4O5P2/c1-17-19(13-15-21(27)23(17)25(3,4)5)11-9-10-12-20-14-16-22(28)24(18(20)2)26(6,7)8;1-6(2)5-7(3)4/h13-16,27-28H,9-12H2,1-8H3;1-4H. The van der Waals surface area contributed by atoms with Crippen LogP contribution in [0, 0.1) is 13.8 Å². The van der Waals surface area contributed by atoms with Crippen LogP contribution >= 0.6 is 17.2 Å². The minimum atomic E-state index is -2.61. The van der Waals surface area contributed by atoms with Crippen LogP contribution in [0.2, 0.25) is 0 Å². The van der Waals surface area contributed by atoms with Gasteiger partial charge in [0.1, 0.15) is 11.5 Å². The van der Waals surface area contributed by atoms with Crippen molar-refractivity contribution in [1.29, 1.82) is 0 Å². The molecule has 35 heavy (non-hydrogen) atoms. The van der Waals surface area contributed by atoms with Gasteiger partial charge in [0.15, 0.2) is 0 Å². The quantitative estimate of drug-likeness (QED) is 0.184. The third kappa shape index (κ3) is 9.93. The zero-order chi connectivity index (χ0) is 27.1. The molecule has 0 aromatic heterocycles. The Balaban J connectivity index is 0.000000762. The predicted octanol–water partition coefficient (Wildman–Crippen LogP) is 6.30. The molecule has 198 valence electrons. The molecule has 9 heteroatoms. The van der Waals surface area contributed by atoms with E-state index < -0.39 is 17.2 Å². The van der Waals surface area contributed by atoms with Gasteiger partial charge in [0.05, 0.1) is 0 Å². The molecule has 0 aliphatic rings. The zero-order valence-electron chi connectivity index (χ0n) is 22.1. The Labute approximate surface area is 212 Å². The van der Waals surface area contributed by atoms with Gasteiger partial charge in [0, 0.05) is 11.1 Å². The predicted molar refractivity (Wildman–Crippen MR) is 144 cm³/mol. The van der Waals surface area contributed by atoms with E-state index in [0.29, 0.717) is 11.5 Å². The maximum absolute atomic E-state index is 10.3. The van der Waals surface area contributed by atoms with Crippen molar-refractivity contribution in [2.24, 2.45) is 0 Å². The smallest absolute Gasteiger partial charge is 0.334 e. The molecular formula is C26H42O7P2. The van der Waals surface area contributed by atoms with Crippen molar-refractivity contribution in [2.45, 2.75) is 91.9 Å². The fourth-order valence-electron chi connectivity index (χ4n) is 4.61. The Bertz CT molecular complexity index is 884. The molecule has 2 aromatic rings. The van der Waals surface area contributed by atoms with E-state index in [9.17, 15) is 10.2 Å². The van der Waals surface area contributed by atoms with Gasteiger partial charge in [-0.2, -0.15) is 0 Å². The normalized spacial score (nSPS) is 12.2. The first-order valence-corrected chi connectivity index (χ1v) is 14.0. The lowest BCUT2D eigenvalue weighted by atomic mass is 9.80. The monoisotopic (exact) mass is 528 g/mol. The van der Waals surface area contributed by atoms with Crippen molar-refractivity contribution in [1.82, 2.24) is 0 Å². The molecule has 0 unspecified atom stereocenters. The van der Waals surface area contributed by atoms with E-state index >= 15 is 0 Å². The minimum Gasteiger partial charge on any atom is -0.508 e. The third-order valence-corrected chi connectivity index (χ3v) is 7.07. The Morgan fingerprint density at radius 2 is 0.943 bits per heavy atom. The first kappa shape index (κ1) is 31.7. The molecule has 2 rings (SSSR count). The first-order valence-electron chi connectivity index (χ1n) is 11.6. The van der Waals surface area contributed by atoms with E-state index in [-0.39, 0.29) is 10.8 Å². The van der Waals surface area contributed by atoms with Gasteiger partial charge in [-0.3, -0.25) is 0 Å². The highest BCUT2D eigenvalue weighted by Crippen LogP contribution is 2.42. The van der Waals surface area contributed by atoms with E-state index in [1.54, 1.807) is 0 Å². The lowest BCUT2D eigenvalue weighted by Gasteiger charge is -2.25. The number of aromatic hydroxyl groups is 2. The van der Waals surface area contributed by atoms with Crippen LogP contribution in [0.3, 0.4) is 0 Å². The molecule has 0 radical (unpaired) electrons. The van der Waals surface area contributed by atoms with Crippen molar-refractivity contribution in [3.05, 3.63) is 57.6 Å². The number of aryl methyl sites for hydroxylation is 2. The Morgan fingerprint density at radius 3 is 1.17 bits per heavy atom. The van der Waals surface area contributed by atoms with Gasteiger partial charge in [0.2, 0.25) is 0 Å². The average molecular weight is 529 g/mol. The molecule has 0 spiro atoms. The number of hydrogen-bond donors (Lipinski definition) is 6. The van der Waals surface area contributed by atoms with Gasteiger partial charge in [0.25, 0.3) is 0 Å². The molecule has 7 nitrogen and oxygen atoms in total. The molecule has 0 aliphatic heterocycles. The van der Waals surface area contributed by atoms with Gasteiger partial charge in [-0.15, -0.1) is 0 Å².